The van der Waals surface area contributed by atoms with E-state index in [1.165, 1.54) is 30.6 Å². The molecule has 1 saturated heterocycles. The van der Waals surface area contributed by atoms with Crippen molar-refractivity contribution in [2.24, 2.45) is 11.8 Å². The van der Waals surface area contributed by atoms with E-state index in [2.05, 4.69) is 51.0 Å². The molecule has 0 unspecified atom stereocenters. The Kier molecular flexibility index (Phi) is 7.35. The van der Waals surface area contributed by atoms with Crippen LogP contribution in [0, 0.1) is 23.7 Å². The summed E-state index contributed by atoms with van der Waals surface area (Å²) in [4.78, 5) is 23.3. The highest BCUT2D eigenvalue weighted by Gasteiger charge is 2.34. The Morgan fingerprint density at radius 3 is 2.64 bits per heavy atom. The maximum Gasteiger partial charge on any atom is 0.416 e. The number of benzene rings is 1. The van der Waals surface area contributed by atoms with Gasteiger partial charge in [0.25, 0.3) is 5.91 Å². The smallest absolute Gasteiger partial charge is 0.322 e. The zero-order valence-electron chi connectivity index (χ0n) is 21.5. The molecular weight excluding hydrogens is 505 g/mol. The van der Waals surface area contributed by atoms with Gasteiger partial charge in [-0.3, -0.25) is 14.7 Å². The normalized spacial score (nSPS) is 18.0. The third-order valence-corrected chi connectivity index (χ3v) is 6.62. The first-order chi connectivity index (χ1) is 18.7. The highest BCUT2D eigenvalue weighted by Crippen LogP contribution is 2.35. The van der Waals surface area contributed by atoms with Gasteiger partial charge in [0.2, 0.25) is 0 Å². The van der Waals surface area contributed by atoms with Crippen molar-refractivity contribution in [2.75, 3.05) is 18.4 Å². The SMILES string of the molecule is C[C@@H]1C[C@H](C)CN(Cc2ccc(NC(=O)c3cncc(C#Cc4cnc5cccnn45)c3)cc2C(F)(F)F)C1. The predicted octanol–water partition coefficient (Wildman–Crippen LogP) is 5.27. The number of nitrogens with one attached hydrogen (secondary N) is 1. The second-order valence-electron chi connectivity index (χ2n) is 10.1. The van der Waals surface area contributed by atoms with Crippen LogP contribution in [0.15, 0.2) is 61.2 Å². The lowest BCUT2D eigenvalue weighted by Gasteiger charge is -2.35. The van der Waals surface area contributed by atoms with Crippen LogP contribution < -0.4 is 5.32 Å². The van der Waals surface area contributed by atoms with Gasteiger partial charge in [-0.2, -0.15) is 18.3 Å². The van der Waals surface area contributed by atoms with Gasteiger partial charge in [0.1, 0.15) is 5.69 Å². The first-order valence-corrected chi connectivity index (χ1v) is 12.7. The molecule has 4 heterocycles. The van der Waals surface area contributed by atoms with E-state index in [1.54, 1.807) is 29.0 Å². The van der Waals surface area contributed by atoms with E-state index in [9.17, 15) is 18.0 Å². The average Bonchev–Trinajstić information content (AvgIpc) is 3.30. The van der Waals surface area contributed by atoms with E-state index in [0.29, 0.717) is 28.7 Å². The minimum Gasteiger partial charge on any atom is -0.322 e. The quantitative estimate of drug-likeness (QED) is 0.363. The van der Waals surface area contributed by atoms with Crippen molar-refractivity contribution < 1.29 is 18.0 Å². The lowest BCUT2D eigenvalue weighted by Crippen LogP contribution is -2.38. The van der Waals surface area contributed by atoms with E-state index in [-0.39, 0.29) is 23.4 Å². The molecule has 0 spiro atoms. The average molecular weight is 533 g/mol. The van der Waals surface area contributed by atoms with Gasteiger partial charge >= 0.3 is 6.18 Å². The number of fused-ring (bicyclic) bond motifs is 1. The van der Waals surface area contributed by atoms with Crippen LogP contribution in [-0.2, 0) is 12.7 Å². The zero-order valence-corrected chi connectivity index (χ0v) is 21.5. The van der Waals surface area contributed by atoms with Crippen LogP contribution in [0.2, 0.25) is 0 Å². The third-order valence-electron chi connectivity index (χ3n) is 6.62. The summed E-state index contributed by atoms with van der Waals surface area (Å²) in [6.07, 6.45) is 2.58. The van der Waals surface area contributed by atoms with Crippen molar-refractivity contribution in [3.8, 4) is 11.8 Å². The second kappa shape index (κ2) is 10.9. The summed E-state index contributed by atoms with van der Waals surface area (Å²) in [5.41, 5.74) is 1.36. The number of nitrogens with zero attached hydrogens (tertiary/aromatic N) is 5. The standard InChI is InChI=1S/C29H27F3N6O/c1-19-10-20(2)17-37(16-19)18-22-6-7-24(12-26(22)29(30,31)32)36-28(39)23-11-21(13-33-14-23)5-8-25-15-34-27-4-3-9-35-38(25)27/h3-4,6-7,9,11-15,19-20H,10,16-18H2,1-2H3,(H,36,39)/t19-,20+. The van der Waals surface area contributed by atoms with Gasteiger partial charge < -0.3 is 5.32 Å². The summed E-state index contributed by atoms with van der Waals surface area (Å²) in [5, 5.41) is 6.78. The largest absolute Gasteiger partial charge is 0.416 e. The number of hydrogen-bond acceptors (Lipinski definition) is 5. The second-order valence-corrected chi connectivity index (χ2v) is 10.1. The maximum atomic E-state index is 14.0. The highest BCUT2D eigenvalue weighted by molar-refractivity contribution is 6.04. The Morgan fingerprint density at radius 2 is 1.87 bits per heavy atom. The lowest BCUT2D eigenvalue weighted by atomic mass is 9.91. The summed E-state index contributed by atoms with van der Waals surface area (Å²) < 4.78 is 43.5. The Bertz CT molecular complexity index is 1560. The number of pyridine rings is 1. The molecule has 1 N–H and O–H groups in total. The van der Waals surface area contributed by atoms with E-state index >= 15 is 0 Å². The molecule has 1 fully saturated rings. The van der Waals surface area contributed by atoms with Crippen molar-refractivity contribution in [2.45, 2.75) is 33.0 Å². The Morgan fingerprint density at radius 1 is 1.08 bits per heavy atom. The van der Waals surface area contributed by atoms with Gasteiger partial charge in [0.15, 0.2) is 5.65 Å². The van der Waals surface area contributed by atoms with Gasteiger partial charge in [-0.05, 0) is 60.1 Å². The number of carbonyl (C=O) groups is 1. The predicted molar refractivity (Wildman–Crippen MR) is 141 cm³/mol. The van der Waals surface area contributed by atoms with Crippen molar-refractivity contribution in [3.05, 3.63) is 89.1 Å². The molecule has 0 bridgehead atoms. The number of amides is 1. The molecule has 5 rings (SSSR count). The molecular formula is C29H27F3N6O. The van der Waals surface area contributed by atoms with Crippen molar-refractivity contribution in [1.82, 2.24) is 24.5 Å². The van der Waals surface area contributed by atoms with Crippen LogP contribution in [0.5, 0.6) is 0 Å². The molecule has 4 aromatic rings. The van der Waals surface area contributed by atoms with E-state index in [0.717, 1.165) is 25.6 Å². The third kappa shape index (κ3) is 6.26. The fourth-order valence-electron chi connectivity index (χ4n) is 5.10. The van der Waals surface area contributed by atoms with Gasteiger partial charge in [-0.25, -0.2) is 9.50 Å². The summed E-state index contributed by atoms with van der Waals surface area (Å²) in [7, 11) is 0. The number of hydrogen-bond donors (Lipinski definition) is 1. The topological polar surface area (TPSA) is 75.4 Å². The Hall–Kier alpha value is -4.23. The van der Waals surface area contributed by atoms with Crippen molar-refractivity contribution >= 4 is 17.2 Å². The van der Waals surface area contributed by atoms with Crippen LogP contribution in [0.25, 0.3) is 5.65 Å². The van der Waals surface area contributed by atoms with Crippen LogP contribution in [0.4, 0.5) is 18.9 Å². The molecule has 39 heavy (non-hydrogen) atoms. The van der Waals surface area contributed by atoms with Crippen LogP contribution >= 0.6 is 0 Å². The van der Waals surface area contributed by atoms with Crippen molar-refractivity contribution in [3.63, 3.8) is 0 Å². The number of carbonyl (C=O) groups excluding carboxylic acids is 1. The zero-order chi connectivity index (χ0) is 27.6. The first kappa shape index (κ1) is 26.4. The molecule has 0 radical (unpaired) electrons. The van der Waals surface area contributed by atoms with Crippen molar-refractivity contribution in [1.29, 1.82) is 0 Å². The molecule has 1 aliphatic rings. The van der Waals surface area contributed by atoms with Gasteiger partial charge in [0, 0.05) is 49.5 Å². The number of anilines is 1. The number of piperidine rings is 1. The minimum absolute atomic E-state index is 0.0600. The highest BCUT2D eigenvalue weighted by atomic mass is 19.4. The molecule has 1 aliphatic heterocycles. The summed E-state index contributed by atoms with van der Waals surface area (Å²) in [6, 6.07) is 9.06. The maximum absolute atomic E-state index is 14.0. The molecule has 1 aromatic carbocycles. The summed E-state index contributed by atoms with van der Waals surface area (Å²) in [6.45, 7) is 5.99. The van der Waals surface area contributed by atoms with Crippen LogP contribution in [-0.4, -0.2) is 43.5 Å². The molecule has 0 aliphatic carbocycles. The van der Waals surface area contributed by atoms with E-state index in [4.69, 9.17) is 0 Å². The monoisotopic (exact) mass is 532 g/mol. The van der Waals surface area contributed by atoms with Crippen LogP contribution in [0.1, 0.15) is 53.0 Å². The number of imidazole rings is 1. The molecule has 1 amide bonds. The Balaban J connectivity index is 1.33. The molecule has 7 nitrogen and oxygen atoms in total. The lowest BCUT2D eigenvalue weighted by molar-refractivity contribution is -0.138. The fraction of sp³-hybridized carbons (Fsp3) is 0.310. The Labute approximate surface area is 224 Å². The molecule has 10 heteroatoms. The number of rotatable bonds is 4. The van der Waals surface area contributed by atoms with E-state index < -0.39 is 17.6 Å². The van der Waals surface area contributed by atoms with E-state index in [1.807, 2.05) is 0 Å². The molecule has 200 valence electrons. The fourth-order valence-corrected chi connectivity index (χ4v) is 5.10. The number of likely N-dealkylation sites (tertiary alicyclic amines) is 1. The summed E-state index contributed by atoms with van der Waals surface area (Å²) >= 11 is 0. The minimum atomic E-state index is -4.55. The molecule has 3 aromatic heterocycles. The molecule has 2 atom stereocenters. The number of alkyl halides is 3. The van der Waals surface area contributed by atoms with Gasteiger partial charge in [0.05, 0.1) is 17.3 Å². The molecule has 0 saturated carbocycles. The van der Waals surface area contributed by atoms with Gasteiger partial charge in [-0.1, -0.05) is 25.8 Å². The number of aromatic nitrogens is 4. The number of halogens is 3. The summed E-state index contributed by atoms with van der Waals surface area (Å²) in [5.74, 6) is 6.18. The van der Waals surface area contributed by atoms with Gasteiger partial charge in [-0.15, -0.1) is 0 Å². The first-order valence-electron chi connectivity index (χ1n) is 12.7. The van der Waals surface area contributed by atoms with Crippen LogP contribution in [0.3, 0.4) is 0 Å².